The standard InChI is InChI=1S/C9H15Cl2N3/c1-3-4-5-6-7-12-8(10)13-9(11)14(7)2/h9H,3-6H2,1-2H3. The predicted molar refractivity (Wildman–Crippen MR) is 62.3 cm³/mol. The summed E-state index contributed by atoms with van der Waals surface area (Å²) in [5, 5.41) is 0.259. The lowest BCUT2D eigenvalue weighted by atomic mass is 10.2. The number of rotatable bonds is 4. The van der Waals surface area contributed by atoms with Gasteiger partial charge in [-0.15, -0.1) is 0 Å². The highest BCUT2D eigenvalue weighted by Crippen LogP contribution is 2.16. The van der Waals surface area contributed by atoms with Gasteiger partial charge in [0.25, 0.3) is 0 Å². The summed E-state index contributed by atoms with van der Waals surface area (Å²) >= 11 is 11.7. The van der Waals surface area contributed by atoms with Gasteiger partial charge in [-0.1, -0.05) is 31.4 Å². The van der Waals surface area contributed by atoms with Crippen molar-refractivity contribution in [2.24, 2.45) is 9.98 Å². The van der Waals surface area contributed by atoms with Gasteiger partial charge in [0.1, 0.15) is 5.84 Å². The molecule has 3 nitrogen and oxygen atoms in total. The highest BCUT2D eigenvalue weighted by molar-refractivity contribution is 6.66. The lowest BCUT2D eigenvalue weighted by Crippen LogP contribution is -2.36. The number of nitrogens with zero attached hydrogens (tertiary/aromatic N) is 3. The van der Waals surface area contributed by atoms with Gasteiger partial charge in [-0.05, 0) is 18.0 Å². The van der Waals surface area contributed by atoms with E-state index in [2.05, 4.69) is 16.9 Å². The Balaban J connectivity index is 2.53. The van der Waals surface area contributed by atoms with Gasteiger partial charge in [-0.3, -0.25) is 0 Å². The Kier molecular flexibility index (Phi) is 4.69. The highest BCUT2D eigenvalue weighted by atomic mass is 35.5. The summed E-state index contributed by atoms with van der Waals surface area (Å²) in [5.41, 5.74) is -0.406. The van der Waals surface area contributed by atoms with Gasteiger partial charge in [-0.2, -0.15) is 0 Å². The average molecular weight is 236 g/mol. The normalized spacial score (nSPS) is 22.0. The van der Waals surface area contributed by atoms with Crippen LogP contribution in [0.2, 0.25) is 0 Å². The van der Waals surface area contributed by atoms with Crippen molar-refractivity contribution in [3.8, 4) is 0 Å². The largest absolute Gasteiger partial charge is 0.328 e. The van der Waals surface area contributed by atoms with E-state index in [0.29, 0.717) is 0 Å². The monoisotopic (exact) mass is 235 g/mol. The second-order valence-corrected chi connectivity index (χ2v) is 4.03. The molecule has 5 heteroatoms. The van der Waals surface area contributed by atoms with E-state index in [0.717, 1.165) is 18.7 Å². The van der Waals surface area contributed by atoms with Crippen molar-refractivity contribution in [1.29, 1.82) is 0 Å². The molecule has 0 fully saturated rings. The maximum absolute atomic E-state index is 5.94. The minimum atomic E-state index is -0.406. The lowest BCUT2D eigenvalue weighted by Gasteiger charge is -2.26. The number of halogens is 2. The molecule has 0 saturated heterocycles. The number of alkyl halides is 1. The SMILES string of the molecule is CCCCCC1=NC(Cl)=NC(Cl)N1C. The van der Waals surface area contributed by atoms with Crippen LogP contribution in [0.1, 0.15) is 32.6 Å². The molecule has 1 unspecified atom stereocenters. The quantitative estimate of drug-likeness (QED) is 0.419. The zero-order valence-electron chi connectivity index (χ0n) is 8.50. The van der Waals surface area contributed by atoms with Gasteiger partial charge in [0.2, 0.25) is 10.9 Å². The maximum Gasteiger partial charge on any atom is 0.222 e. The molecular weight excluding hydrogens is 221 g/mol. The van der Waals surface area contributed by atoms with Crippen molar-refractivity contribution in [3.05, 3.63) is 0 Å². The molecule has 0 bridgehead atoms. The van der Waals surface area contributed by atoms with Gasteiger partial charge < -0.3 is 4.90 Å². The van der Waals surface area contributed by atoms with Crippen molar-refractivity contribution < 1.29 is 0 Å². The Morgan fingerprint density at radius 3 is 2.79 bits per heavy atom. The van der Waals surface area contributed by atoms with E-state index in [4.69, 9.17) is 23.2 Å². The van der Waals surface area contributed by atoms with Crippen LogP contribution in [-0.2, 0) is 0 Å². The Hall–Kier alpha value is -0.280. The molecule has 0 radical (unpaired) electrons. The molecule has 0 saturated carbocycles. The Bertz CT molecular complexity index is 250. The number of amidine groups is 2. The summed E-state index contributed by atoms with van der Waals surface area (Å²) < 4.78 is 0. The summed E-state index contributed by atoms with van der Waals surface area (Å²) in [6.07, 6.45) is 4.43. The van der Waals surface area contributed by atoms with Crippen LogP contribution >= 0.6 is 23.2 Å². The van der Waals surface area contributed by atoms with E-state index >= 15 is 0 Å². The predicted octanol–water partition coefficient (Wildman–Crippen LogP) is 3.03. The highest BCUT2D eigenvalue weighted by Gasteiger charge is 2.19. The molecule has 0 amide bonds. The van der Waals surface area contributed by atoms with Crippen molar-refractivity contribution >= 4 is 34.3 Å². The molecule has 0 aliphatic carbocycles. The molecule has 0 aromatic rings. The fraction of sp³-hybridized carbons (Fsp3) is 0.778. The molecule has 1 atom stereocenters. The molecule has 1 rings (SSSR count). The molecule has 1 heterocycles. The van der Waals surface area contributed by atoms with Gasteiger partial charge in [-0.25, -0.2) is 9.98 Å². The second kappa shape index (κ2) is 5.56. The molecule has 1 aliphatic heterocycles. The van der Waals surface area contributed by atoms with Gasteiger partial charge in [0.05, 0.1) is 0 Å². The number of unbranched alkanes of at least 4 members (excludes halogenated alkanes) is 2. The van der Waals surface area contributed by atoms with E-state index in [1.54, 1.807) is 0 Å². The first kappa shape index (κ1) is 11.8. The molecule has 80 valence electrons. The van der Waals surface area contributed by atoms with Crippen LogP contribution in [-0.4, -0.2) is 28.7 Å². The topological polar surface area (TPSA) is 28.0 Å². The third-order valence-corrected chi connectivity index (χ3v) is 2.74. The van der Waals surface area contributed by atoms with Crippen molar-refractivity contribution in [2.45, 2.75) is 38.2 Å². The Labute approximate surface area is 94.8 Å². The van der Waals surface area contributed by atoms with Crippen LogP contribution in [0.5, 0.6) is 0 Å². The molecule has 1 aliphatic rings. The minimum Gasteiger partial charge on any atom is -0.328 e. The van der Waals surface area contributed by atoms with Crippen LogP contribution in [0.15, 0.2) is 9.98 Å². The lowest BCUT2D eigenvalue weighted by molar-refractivity contribution is 0.458. The fourth-order valence-corrected chi connectivity index (χ4v) is 1.72. The maximum atomic E-state index is 5.94. The summed E-state index contributed by atoms with van der Waals surface area (Å²) in [6, 6.07) is 0. The van der Waals surface area contributed by atoms with Crippen LogP contribution in [0.4, 0.5) is 0 Å². The van der Waals surface area contributed by atoms with Crippen LogP contribution in [0.25, 0.3) is 0 Å². The summed E-state index contributed by atoms with van der Waals surface area (Å²) in [6.45, 7) is 2.17. The van der Waals surface area contributed by atoms with Crippen LogP contribution < -0.4 is 0 Å². The van der Waals surface area contributed by atoms with E-state index in [1.807, 2.05) is 11.9 Å². The Morgan fingerprint density at radius 1 is 1.43 bits per heavy atom. The van der Waals surface area contributed by atoms with Gasteiger partial charge in [0.15, 0.2) is 0 Å². The average Bonchev–Trinajstić information content (AvgIpc) is 2.13. The smallest absolute Gasteiger partial charge is 0.222 e. The molecule has 14 heavy (non-hydrogen) atoms. The third kappa shape index (κ3) is 3.14. The van der Waals surface area contributed by atoms with Crippen molar-refractivity contribution in [2.75, 3.05) is 7.05 Å². The second-order valence-electron chi connectivity index (χ2n) is 3.30. The summed E-state index contributed by atoms with van der Waals surface area (Å²) in [5.74, 6) is 0.929. The minimum absolute atomic E-state index is 0.259. The summed E-state index contributed by atoms with van der Waals surface area (Å²) in [4.78, 5) is 9.94. The van der Waals surface area contributed by atoms with E-state index in [1.165, 1.54) is 12.8 Å². The number of hydrogen-bond donors (Lipinski definition) is 0. The summed E-state index contributed by atoms with van der Waals surface area (Å²) in [7, 11) is 1.88. The van der Waals surface area contributed by atoms with Crippen molar-refractivity contribution in [1.82, 2.24) is 4.90 Å². The zero-order chi connectivity index (χ0) is 10.6. The first-order valence-corrected chi connectivity index (χ1v) is 5.64. The van der Waals surface area contributed by atoms with Crippen LogP contribution in [0.3, 0.4) is 0 Å². The Morgan fingerprint density at radius 2 is 2.14 bits per heavy atom. The van der Waals surface area contributed by atoms with Crippen LogP contribution in [0, 0.1) is 0 Å². The van der Waals surface area contributed by atoms with E-state index in [-0.39, 0.29) is 5.29 Å². The third-order valence-electron chi connectivity index (χ3n) is 2.17. The first-order chi connectivity index (χ1) is 6.65. The molecule has 0 spiro atoms. The molecular formula is C9H15Cl2N3. The molecule has 0 N–H and O–H groups in total. The fourth-order valence-electron chi connectivity index (χ4n) is 1.28. The zero-order valence-corrected chi connectivity index (χ0v) is 10.0. The van der Waals surface area contributed by atoms with Gasteiger partial charge >= 0.3 is 0 Å². The first-order valence-electron chi connectivity index (χ1n) is 4.83. The number of aliphatic imine (C=N–C) groups is 2. The van der Waals surface area contributed by atoms with E-state index in [9.17, 15) is 0 Å². The van der Waals surface area contributed by atoms with Crippen molar-refractivity contribution in [3.63, 3.8) is 0 Å². The van der Waals surface area contributed by atoms with E-state index < -0.39 is 5.62 Å². The molecule has 0 aromatic heterocycles. The van der Waals surface area contributed by atoms with Gasteiger partial charge in [0, 0.05) is 13.5 Å². The number of hydrogen-bond acceptors (Lipinski definition) is 3. The molecule has 0 aromatic carbocycles.